The fourth-order valence-electron chi connectivity index (χ4n) is 3.43. The third-order valence-electron chi connectivity index (χ3n) is 4.93. The highest BCUT2D eigenvalue weighted by Crippen LogP contribution is 2.16. The second kappa shape index (κ2) is 11.3. The van der Waals surface area contributed by atoms with Crippen molar-refractivity contribution in [2.45, 2.75) is 32.8 Å². The van der Waals surface area contributed by atoms with Crippen molar-refractivity contribution < 1.29 is 23.9 Å². The van der Waals surface area contributed by atoms with E-state index in [1.165, 1.54) is 0 Å². The largest absolute Gasteiger partial charge is 0.484 e. The highest BCUT2D eigenvalue weighted by atomic mass is 16.5. The summed E-state index contributed by atoms with van der Waals surface area (Å²) in [6, 6.07) is 12.3. The van der Waals surface area contributed by atoms with Crippen LogP contribution in [0.5, 0.6) is 5.75 Å². The van der Waals surface area contributed by atoms with Crippen LogP contribution in [0.25, 0.3) is 0 Å². The Labute approximate surface area is 187 Å². The number of hydrogen-bond donors (Lipinski definition) is 3. The molecule has 0 aromatic heterocycles. The molecule has 0 saturated carbocycles. The smallest absolute Gasteiger partial charge is 0.262 e. The average Bonchev–Trinajstić information content (AvgIpc) is 3.30. The van der Waals surface area contributed by atoms with Crippen LogP contribution in [0.2, 0.25) is 0 Å². The van der Waals surface area contributed by atoms with E-state index >= 15 is 0 Å². The van der Waals surface area contributed by atoms with E-state index in [2.05, 4.69) is 16.0 Å². The Bertz CT molecular complexity index is 932. The SMILES string of the molecule is Cc1cc(C)cc(OCC(=O)Nc2ccc(C(=O)NCCNC(=O)C3CCCO3)cc2)c1. The monoisotopic (exact) mass is 439 g/mol. The maximum Gasteiger partial charge on any atom is 0.262 e. The van der Waals surface area contributed by atoms with Crippen LogP contribution in [0.4, 0.5) is 5.69 Å². The van der Waals surface area contributed by atoms with Crippen molar-refractivity contribution in [1.29, 1.82) is 0 Å². The molecule has 1 atom stereocenters. The summed E-state index contributed by atoms with van der Waals surface area (Å²) in [6.45, 7) is 5.09. The van der Waals surface area contributed by atoms with E-state index in [-0.39, 0.29) is 30.4 Å². The molecule has 170 valence electrons. The highest BCUT2D eigenvalue weighted by Gasteiger charge is 2.22. The molecule has 0 bridgehead atoms. The molecule has 2 aromatic rings. The summed E-state index contributed by atoms with van der Waals surface area (Å²) >= 11 is 0. The first kappa shape index (κ1) is 23.3. The molecule has 1 fully saturated rings. The van der Waals surface area contributed by atoms with Crippen LogP contribution < -0.4 is 20.7 Å². The molecule has 3 rings (SSSR count). The summed E-state index contributed by atoms with van der Waals surface area (Å²) in [5.74, 6) is -0.0364. The van der Waals surface area contributed by atoms with Gasteiger partial charge in [-0.3, -0.25) is 14.4 Å². The molecule has 1 unspecified atom stereocenters. The molecule has 1 heterocycles. The van der Waals surface area contributed by atoms with Crippen molar-refractivity contribution in [3.63, 3.8) is 0 Å². The lowest BCUT2D eigenvalue weighted by atomic mass is 10.1. The summed E-state index contributed by atoms with van der Waals surface area (Å²) in [6.07, 6.45) is 1.25. The molecule has 8 heteroatoms. The Morgan fingerprint density at radius 3 is 2.34 bits per heavy atom. The van der Waals surface area contributed by atoms with E-state index in [0.717, 1.165) is 24.0 Å². The minimum Gasteiger partial charge on any atom is -0.484 e. The molecule has 1 aliphatic heterocycles. The molecule has 0 aliphatic carbocycles. The Morgan fingerprint density at radius 1 is 1.00 bits per heavy atom. The number of ether oxygens (including phenoxy) is 2. The van der Waals surface area contributed by atoms with Gasteiger partial charge in [-0.2, -0.15) is 0 Å². The predicted molar refractivity (Wildman–Crippen MR) is 121 cm³/mol. The second-order valence-corrected chi connectivity index (χ2v) is 7.79. The zero-order valence-corrected chi connectivity index (χ0v) is 18.4. The molecule has 3 amide bonds. The molecule has 3 N–H and O–H groups in total. The standard InChI is InChI=1S/C24H29N3O5/c1-16-12-17(2)14-20(13-16)32-15-22(28)27-19-7-5-18(6-8-19)23(29)25-9-10-26-24(30)21-4-3-11-31-21/h5-8,12-14,21H,3-4,9-11,15H2,1-2H3,(H,25,29)(H,26,30)(H,27,28). The number of rotatable bonds is 9. The Kier molecular flexibility index (Phi) is 8.21. The molecular weight excluding hydrogens is 410 g/mol. The van der Waals surface area contributed by atoms with E-state index in [0.29, 0.717) is 36.7 Å². The number of anilines is 1. The second-order valence-electron chi connectivity index (χ2n) is 7.79. The number of benzene rings is 2. The van der Waals surface area contributed by atoms with Gasteiger partial charge in [0.15, 0.2) is 6.61 Å². The van der Waals surface area contributed by atoms with E-state index < -0.39 is 0 Å². The number of nitrogens with one attached hydrogen (secondary N) is 3. The normalized spacial score (nSPS) is 15.1. The molecular formula is C24H29N3O5. The van der Waals surface area contributed by atoms with Gasteiger partial charge in [-0.15, -0.1) is 0 Å². The predicted octanol–water partition coefficient (Wildman–Crippen LogP) is 2.35. The van der Waals surface area contributed by atoms with Crippen molar-refractivity contribution >= 4 is 23.4 Å². The molecule has 1 aliphatic rings. The Morgan fingerprint density at radius 2 is 1.69 bits per heavy atom. The molecule has 1 saturated heterocycles. The number of carbonyl (C=O) groups excluding carboxylic acids is 3. The Balaban J connectivity index is 1.38. The topological polar surface area (TPSA) is 106 Å². The zero-order valence-electron chi connectivity index (χ0n) is 18.4. The van der Waals surface area contributed by atoms with E-state index in [1.807, 2.05) is 32.0 Å². The van der Waals surface area contributed by atoms with Gasteiger partial charge in [0.2, 0.25) is 5.91 Å². The van der Waals surface area contributed by atoms with Crippen molar-refractivity contribution in [3.8, 4) is 5.75 Å². The number of hydrogen-bond acceptors (Lipinski definition) is 5. The minimum atomic E-state index is -0.375. The third-order valence-corrected chi connectivity index (χ3v) is 4.93. The van der Waals surface area contributed by atoms with E-state index in [4.69, 9.17) is 9.47 Å². The molecule has 2 aromatic carbocycles. The highest BCUT2D eigenvalue weighted by molar-refractivity contribution is 5.96. The van der Waals surface area contributed by atoms with Crippen molar-refractivity contribution in [1.82, 2.24) is 10.6 Å². The minimum absolute atomic E-state index is 0.108. The summed E-state index contributed by atoms with van der Waals surface area (Å²) in [5.41, 5.74) is 3.17. The van der Waals surface area contributed by atoms with Crippen molar-refractivity contribution in [3.05, 3.63) is 59.2 Å². The first-order valence-corrected chi connectivity index (χ1v) is 10.7. The van der Waals surface area contributed by atoms with Crippen LogP contribution in [0.1, 0.15) is 34.3 Å². The van der Waals surface area contributed by atoms with Gasteiger partial charge in [0.25, 0.3) is 11.8 Å². The van der Waals surface area contributed by atoms with Gasteiger partial charge in [-0.25, -0.2) is 0 Å². The summed E-state index contributed by atoms with van der Waals surface area (Å²) < 4.78 is 10.9. The van der Waals surface area contributed by atoms with Crippen molar-refractivity contribution in [2.75, 3.05) is 31.6 Å². The zero-order chi connectivity index (χ0) is 22.9. The fraction of sp³-hybridized carbons (Fsp3) is 0.375. The number of amides is 3. The van der Waals surface area contributed by atoms with E-state index in [1.54, 1.807) is 24.3 Å². The van der Waals surface area contributed by atoms with Crippen LogP contribution >= 0.6 is 0 Å². The average molecular weight is 440 g/mol. The summed E-state index contributed by atoms with van der Waals surface area (Å²) in [4.78, 5) is 36.2. The van der Waals surface area contributed by atoms with Gasteiger partial charge in [-0.1, -0.05) is 6.07 Å². The lowest BCUT2D eigenvalue weighted by Crippen LogP contribution is -2.39. The van der Waals surface area contributed by atoms with Gasteiger partial charge in [0.05, 0.1) is 0 Å². The lowest BCUT2D eigenvalue weighted by Gasteiger charge is -2.11. The Hall–Kier alpha value is -3.39. The van der Waals surface area contributed by atoms with Gasteiger partial charge in [0, 0.05) is 30.9 Å². The maximum absolute atomic E-state index is 12.2. The first-order valence-electron chi connectivity index (χ1n) is 10.7. The van der Waals surface area contributed by atoms with Gasteiger partial charge >= 0.3 is 0 Å². The lowest BCUT2D eigenvalue weighted by molar-refractivity contribution is -0.130. The third kappa shape index (κ3) is 7.09. The van der Waals surface area contributed by atoms with Crippen LogP contribution in [0, 0.1) is 13.8 Å². The summed E-state index contributed by atoms with van der Waals surface area (Å²) in [7, 11) is 0. The maximum atomic E-state index is 12.2. The van der Waals surface area contributed by atoms with E-state index in [9.17, 15) is 14.4 Å². The van der Waals surface area contributed by atoms with Crippen molar-refractivity contribution in [2.24, 2.45) is 0 Å². The molecule has 0 radical (unpaired) electrons. The van der Waals surface area contributed by atoms with Gasteiger partial charge in [-0.05, 0) is 74.2 Å². The van der Waals surface area contributed by atoms with Crippen LogP contribution in [-0.2, 0) is 14.3 Å². The fourth-order valence-corrected chi connectivity index (χ4v) is 3.43. The van der Waals surface area contributed by atoms with Crippen LogP contribution in [-0.4, -0.2) is 50.1 Å². The van der Waals surface area contributed by atoms with Gasteiger partial charge in [0.1, 0.15) is 11.9 Å². The number of aryl methyl sites for hydroxylation is 2. The quantitative estimate of drug-likeness (QED) is 0.520. The molecule has 0 spiro atoms. The number of carbonyl (C=O) groups is 3. The molecule has 8 nitrogen and oxygen atoms in total. The van der Waals surface area contributed by atoms with Crippen LogP contribution in [0.3, 0.4) is 0 Å². The van der Waals surface area contributed by atoms with Gasteiger partial charge < -0.3 is 25.4 Å². The van der Waals surface area contributed by atoms with Crippen LogP contribution in [0.15, 0.2) is 42.5 Å². The summed E-state index contributed by atoms with van der Waals surface area (Å²) in [5, 5.41) is 8.25. The molecule has 32 heavy (non-hydrogen) atoms. The first-order chi connectivity index (χ1) is 15.4.